The van der Waals surface area contributed by atoms with Crippen LogP contribution < -0.4 is 4.74 Å². The lowest BCUT2D eigenvalue weighted by molar-refractivity contribution is -0.117. The van der Waals surface area contributed by atoms with Crippen LogP contribution in [0, 0.1) is 5.82 Å². The van der Waals surface area contributed by atoms with E-state index in [4.69, 9.17) is 16.3 Å². The molecule has 0 aliphatic heterocycles. The number of Topliss-reactive ketones (excluding diaryl/α,β-unsaturated/α-hetero) is 1. The number of ether oxygens (including phenoxy) is 1. The van der Waals surface area contributed by atoms with E-state index in [0.717, 1.165) is 6.42 Å². The van der Waals surface area contributed by atoms with E-state index >= 15 is 0 Å². The number of halogens is 2. The monoisotopic (exact) mass is 228 g/mol. The third kappa shape index (κ3) is 2.48. The van der Waals surface area contributed by atoms with Crippen LogP contribution in [-0.2, 0) is 4.79 Å². The summed E-state index contributed by atoms with van der Waals surface area (Å²) < 4.78 is 18.3. The summed E-state index contributed by atoms with van der Waals surface area (Å²) in [6.45, 7) is 0. The second-order valence-corrected chi connectivity index (χ2v) is 4.00. The van der Waals surface area contributed by atoms with Gasteiger partial charge in [-0.3, -0.25) is 4.79 Å². The van der Waals surface area contributed by atoms with Crippen molar-refractivity contribution < 1.29 is 13.9 Å². The molecule has 1 fully saturated rings. The smallest absolute Gasteiger partial charge is 0.142 e. The minimum absolute atomic E-state index is 0.0387. The topological polar surface area (TPSA) is 26.3 Å². The van der Waals surface area contributed by atoms with Crippen molar-refractivity contribution in [1.82, 2.24) is 0 Å². The van der Waals surface area contributed by atoms with Crippen molar-refractivity contribution in [2.75, 3.05) is 0 Å². The van der Waals surface area contributed by atoms with Gasteiger partial charge in [-0.2, -0.15) is 0 Å². The van der Waals surface area contributed by atoms with E-state index in [1.165, 1.54) is 18.2 Å². The Labute approximate surface area is 92.0 Å². The summed E-state index contributed by atoms with van der Waals surface area (Å²) in [5.41, 5.74) is 0. The standard InChI is InChI=1S/C11H10ClFO2/c12-10-6-9(3-4-11(10)13)15-8-2-1-7(14)5-8/h3-4,6,8H,1-2,5H2. The van der Waals surface area contributed by atoms with Crippen molar-refractivity contribution in [3.8, 4) is 5.75 Å². The molecule has 2 nitrogen and oxygen atoms in total. The van der Waals surface area contributed by atoms with E-state index in [0.29, 0.717) is 18.6 Å². The largest absolute Gasteiger partial charge is 0.490 e. The van der Waals surface area contributed by atoms with Gasteiger partial charge in [0, 0.05) is 18.9 Å². The molecule has 2 rings (SSSR count). The van der Waals surface area contributed by atoms with Gasteiger partial charge in [0.15, 0.2) is 0 Å². The van der Waals surface area contributed by atoms with Gasteiger partial charge < -0.3 is 4.74 Å². The average Bonchev–Trinajstić information content (AvgIpc) is 2.58. The van der Waals surface area contributed by atoms with Gasteiger partial charge in [0.05, 0.1) is 5.02 Å². The number of benzene rings is 1. The number of rotatable bonds is 2. The number of hydrogen-bond acceptors (Lipinski definition) is 2. The van der Waals surface area contributed by atoms with Crippen LogP contribution in [0.4, 0.5) is 4.39 Å². The summed E-state index contributed by atoms with van der Waals surface area (Å²) in [5.74, 6) is 0.265. The molecule has 1 aliphatic rings. The SMILES string of the molecule is O=C1CCC(Oc2ccc(F)c(Cl)c2)C1. The van der Waals surface area contributed by atoms with Gasteiger partial charge in [0.2, 0.25) is 0 Å². The molecule has 1 atom stereocenters. The number of carbonyl (C=O) groups is 1. The van der Waals surface area contributed by atoms with Crippen molar-refractivity contribution in [2.45, 2.75) is 25.4 Å². The van der Waals surface area contributed by atoms with Crippen molar-refractivity contribution >= 4 is 17.4 Å². The van der Waals surface area contributed by atoms with E-state index < -0.39 is 5.82 Å². The highest BCUT2D eigenvalue weighted by atomic mass is 35.5. The Kier molecular flexibility index (Phi) is 2.91. The van der Waals surface area contributed by atoms with Crippen molar-refractivity contribution in [3.05, 3.63) is 29.0 Å². The van der Waals surface area contributed by atoms with E-state index in [9.17, 15) is 9.18 Å². The second-order valence-electron chi connectivity index (χ2n) is 3.60. The lowest BCUT2D eigenvalue weighted by Crippen LogP contribution is -2.12. The molecule has 0 spiro atoms. The van der Waals surface area contributed by atoms with Crippen molar-refractivity contribution in [2.24, 2.45) is 0 Å². The Morgan fingerprint density at radius 3 is 2.87 bits per heavy atom. The third-order valence-corrected chi connectivity index (χ3v) is 2.68. The quantitative estimate of drug-likeness (QED) is 0.778. The highest BCUT2D eigenvalue weighted by molar-refractivity contribution is 6.30. The van der Waals surface area contributed by atoms with E-state index in [1.807, 2.05) is 0 Å². The predicted molar refractivity (Wildman–Crippen MR) is 54.7 cm³/mol. The van der Waals surface area contributed by atoms with Crippen LogP contribution in [-0.4, -0.2) is 11.9 Å². The molecular weight excluding hydrogens is 219 g/mol. The maximum atomic E-state index is 12.8. The average molecular weight is 229 g/mol. The lowest BCUT2D eigenvalue weighted by Gasteiger charge is -2.12. The Morgan fingerprint density at radius 2 is 2.27 bits per heavy atom. The van der Waals surface area contributed by atoms with Gasteiger partial charge in [-0.1, -0.05) is 11.6 Å². The van der Waals surface area contributed by atoms with Crippen molar-refractivity contribution in [3.63, 3.8) is 0 Å². The van der Waals surface area contributed by atoms with Crippen LogP contribution >= 0.6 is 11.6 Å². The molecule has 0 radical (unpaired) electrons. The zero-order chi connectivity index (χ0) is 10.8. The summed E-state index contributed by atoms with van der Waals surface area (Å²) in [7, 11) is 0. The summed E-state index contributed by atoms with van der Waals surface area (Å²) >= 11 is 5.61. The summed E-state index contributed by atoms with van der Waals surface area (Å²) in [6, 6.07) is 4.21. The maximum absolute atomic E-state index is 12.8. The second kappa shape index (κ2) is 4.19. The van der Waals surface area contributed by atoms with Crippen LogP contribution in [0.3, 0.4) is 0 Å². The molecule has 0 aromatic heterocycles. The summed E-state index contributed by atoms with van der Waals surface area (Å²) in [5, 5.41) is 0.0387. The van der Waals surface area contributed by atoms with Gasteiger partial charge in [0.25, 0.3) is 0 Å². The summed E-state index contributed by atoms with van der Waals surface area (Å²) in [4.78, 5) is 11.0. The minimum atomic E-state index is -0.466. The van der Waals surface area contributed by atoms with Crippen molar-refractivity contribution in [1.29, 1.82) is 0 Å². The number of ketones is 1. The minimum Gasteiger partial charge on any atom is -0.490 e. The van der Waals surface area contributed by atoms with Crippen LogP contribution in [0.1, 0.15) is 19.3 Å². The molecule has 4 heteroatoms. The maximum Gasteiger partial charge on any atom is 0.142 e. The molecule has 1 unspecified atom stereocenters. The van der Waals surface area contributed by atoms with Crippen LogP contribution in [0.25, 0.3) is 0 Å². The normalized spacial score (nSPS) is 20.7. The third-order valence-electron chi connectivity index (χ3n) is 2.39. The summed E-state index contributed by atoms with van der Waals surface area (Å²) in [6.07, 6.45) is 1.65. The Hall–Kier alpha value is -1.09. The molecule has 0 heterocycles. The van der Waals surface area contributed by atoms with Gasteiger partial charge in [-0.25, -0.2) is 4.39 Å². The Bertz CT molecular complexity index is 392. The zero-order valence-electron chi connectivity index (χ0n) is 8.00. The first-order chi connectivity index (χ1) is 7.15. The van der Waals surface area contributed by atoms with E-state index in [2.05, 4.69) is 0 Å². The van der Waals surface area contributed by atoms with E-state index in [1.54, 1.807) is 0 Å². The molecule has 1 aliphatic carbocycles. The van der Waals surface area contributed by atoms with Crippen LogP contribution in [0.2, 0.25) is 5.02 Å². The first-order valence-corrected chi connectivity index (χ1v) is 5.16. The molecule has 0 bridgehead atoms. The number of hydrogen-bond donors (Lipinski definition) is 0. The number of carbonyl (C=O) groups excluding carboxylic acids is 1. The molecule has 0 N–H and O–H groups in total. The van der Waals surface area contributed by atoms with E-state index in [-0.39, 0.29) is 16.9 Å². The molecule has 0 amide bonds. The molecule has 15 heavy (non-hydrogen) atoms. The molecule has 1 aromatic carbocycles. The van der Waals surface area contributed by atoms with Crippen LogP contribution in [0.15, 0.2) is 18.2 Å². The molecule has 1 aromatic rings. The van der Waals surface area contributed by atoms with Gasteiger partial charge in [-0.15, -0.1) is 0 Å². The van der Waals surface area contributed by atoms with Gasteiger partial charge in [-0.05, 0) is 18.6 Å². The molecule has 1 saturated carbocycles. The first kappa shape index (κ1) is 10.4. The van der Waals surface area contributed by atoms with Gasteiger partial charge in [0.1, 0.15) is 23.5 Å². The molecule has 0 saturated heterocycles. The predicted octanol–water partition coefficient (Wildman–Crippen LogP) is 2.98. The molecule has 80 valence electrons. The van der Waals surface area contributed by atoms with Crippen LogP contribution in [0.5, 0.6) is 5.75 Å². The fraction of sp³-hybridized carbons (Fsp3) is 0.364. The highest BCUT2D eigenvalue weighted by Gasteiger charge is 2.23. The Morgan fingerprint density at radius 1 is 1.47 bits per heavy atom. The van der Waals surface area contributed by atoms with Gasteiger partial charge >= 0.3 is 0 Å². The highest BCUT2D eigenvalue weighted by Crippen LogP contribution is 2.25. The first-order valence-electron chi connectivity index (χ1n) is 4.78. The fourth-order valence-corrected chi connectivity index (χ4v) is 1.79. The molecular formula is C11H10ClFO2. The lowest BCUT2D eigenvalue weighted by atomic mass is 10.3. The fourth-order valence-electron chi connectivity index (χ4n) is 1.62. The zero-order valence-corrected chi connectivity index (χ0v) is 8.76. The Balaban J connectivity index is 2.05.